The maximum Gasteiger partial charge on any atom is 0.319 e. The minimum atomic E-state index is -0.402. The maximum absolute atomic E-state index is 13.1. The summed E-state index contributed by atoms with van der Waals surface area (Å²) < 4.78 is 6.89. The standard InChI is InChI=1S/C20H26N2O3S/c1-3-25-19(24)14(2)26-20-21-17-12-8-7-11-16(17)18(23)22(20)13-15-9-5-4-6-10-15/h7-8,11-12,14-15H,3-6,9-10,13H2,1-2H3/t14-/m1/s1. The number of para-hydroxylation sites is 1. The van der Waals surface area contributed by atoms with E-state index in [0.29, 0.717) is 35.1 Å². The molecule has 1 aromatic carbocycles. The van der Waals surface area contributed by atoms with Gasteiger partial charge in [-0.1, -0.05) is 43.2 Å². The highest BCUT2D eigenvalue weighted by molar-refractivity contribution is 8.00. The number of thioether (sulfide) groups is 1. The Morgan fingerprint density at radius 3 is 2.77 bits per heavy atom. The molecule has 0 aliphatic heterocycles. The lowest BCUT2D eigenvalue weighted by atomic mass is 9.89. The number of nitrogens with zero attached hydrogens (tertiary/aromatic N) is 2. The summed E-state index contributed by atoms with van der Waals surface area (Å²) in [4.78, 5) is 29.8. The third-order valence-corrected chi connectivity index (χ3v) is 5.96. The predicted molar refractivity (Wildman–Crippen MR) is 105 cm³/mol. The van der Waals surface area contributed by atoms with Crippen LogP contribution in [0.25, 0.3) is 10.9 Å². The first-order valence-corrected chi connectivity index (χ1v) is 10.3. The Bertz CT molecular complexity index is 827. The number of rotatable bonds is 6. The van der Waals surface area contributed by atoms with Gasteiger partial charge in [0.15, 0.2) is 5.16 Å². The van der Waals surface area contributed by atoms with E-state index in [1.807, 2.05) is 24.3 Å². The molecule has 0 radical (unpaired) electrons. The zero-order chi connectivity index (χ0) is 18.5. The van der Waals surface area contributed by atoms with Gasteiger partial charge in [0, 0.05) is 6.54 Å². The van der Waals surface area contributed by atoms with E-state index < -0.39 is 5.25 Å². The van der Waals surface area contributed by atoms with Crippen LogP contribution in [-0.2, 0) is 16.1 Å². The summed E-state index contributed by atoms with van der Waals surface area (Å²) in [7, 11) is 0. The number of fused-ring (bicyclic) bond motifs is 1. The topological polar surface area (TPSA) is 61.2 Å². The van der Waals surface area contributed by atoms with Crippen molar-refractivity contribution in [2.75, 3.05) is 6.61 Å². The summed E-state index contributed by atoms with van der Waals surface area (Å²) in [6.45, 7) is 4.62. The Morgan fingerprint density at radius 2 is 2.04 bits per heavy atom. The van der Waals surface area contributed by atoms with E-state index in [-0.39, 0.29) is 11.5 Å². The molecule has 0 amide bonds. The van der Waals surface area contributed by atoms with Crippen molar-refractivity contribution in [3.8, 4) is 0 Å². The van der Waals surface area contributed by atoms with Gasteiger partial charge < -0.3 is 4.74 Å². The van der Waals surface area contributed by atoms with Gasteiger partial charge >= 0.3 is 5.97 Å². The van der Waals surface area contributed by atoms with Gasteiger partial charge in [0.25, 0.3) is 5.56 Å². The lowest BCUT2D eigenvalue weighted by Crippen LogP contribution is -2.29. The molecule has 1 fully saturated rings. The minimum Gasteiger partial charge on any atom is -0.465 e. The van der Waals surface area contributed by atoms with E-state index in [9.17, 15) is 9.59 Å². The lowest BCUT2D eigenvalue weighted by molar-refractivity contribution is -0.142. The van der Waals surface area contributed by atoms with Crippen LogP contribution < -0.4 is 5.56 Å². The Labute approximate surface area is 158 Å². The van der Waals surface area contributed by atoms with Crippen molar-refractivity contribution >= 4 is 28.6 Å². The highest BCUT2D eigenvalue weighted by Crippen LogP contribution is 2.28. The molecular formula is C20H26N2O3S. The zero-order valence-corrected chi connectivity index (χ0v) is 16.3. The second kappa shape index (κ2) is 8.71. The third kappa shape index (κ3) is 4.29. The molecule has 0 bridgehead atoms. The predicted octanol–water partition coefficient (Wildman–Crippen LogP) is 4.02. The second-order valence-electron chi connectivity index (χ2n) is 6.84. The van der Waals surface area contributed by atoms with E-state index >= 15 is 0 Å². The smallest absolute Gasteiger partial charge is 0.319 e. The van der Waals surface area contributed by atoms with Gasteiger partial charge in [0.2, 0.25) is 0 Å². The molecule has 26 heavy (non-hydrogen) atoms. The van der Waals surface area contributed by atoms with Gasteiger partial charge in [-0.15, -0.1) is 0 Å². The average Bonchev–Trinajstić information content (AvgIpc) is 2.66. The second-order valence-corrected chi connectivity index (χ2v) is 8.15. The molecule has 0 unspecified atom stereocenters. The Balaban J connectivity index is 1.96. The summed E-state index contributed by atoms with van der Waals surface area (Å²) >= 11 is 1.31. The van der Waals surface area contributed by atoms with E-state index in [0.717, 1.165) is 12.8 Å². The third-order valence-electron chi connectivity index (χ3n) is 4.89. The maximum atomic E-state index is 13.1. The first-order chi connectivity index (χ1) is 12.6. The number of carbonyl (C=O) groups excluding carboxylic acids is 1. The van der Waals surface area contributed by atoms with Crippen molar-refractivity contribution in [1.82, 2.24) is 9.55 Å². The van der Waals surface area contributed by atoms with Crippen LogP contribution >= 0.6 is 11.8 Å². The summed E-state index contributed by atoms with van der Waals surface area (Å²) in [6.07, 6.45) is 6.03. The largest absolute Gasteiger partial charge is 0.465 e. The summed E-state index contributed by atoms with van der Waals surface area (Å²) in [5.74, 6) is 0.228. The molecule has 1 aliphatic carbocycles. The Morgan fingerprint density at radius 1 is 1.31 bits per heavy atom. The van der Waals surface area contributed by atoms with Gasteiger partial charge in [0.05, 0.1) is 17.5 Å². The van der Waals surface area contributed by atoms with Gasteiger partial charge in [-0.3, -0.25) is 14.2 Å². The Hall–Kier alpha value is -1.82. The molecule has 0 N–H and O–H groups in total. The van der Waals surface area contributed by atoms with Crippen LogP contribution in [0, 0.1) is 5.92 Å². The highest BCUT2D eigenvalue weighted by Gasteiger charge is 2.22. The number of ether oxygens (including phenoxy) is 1. The monoisotopic (exact) mass is 374 g/mol. The van der Waals surface area contributed by atoms with Crippen molar-refractivity contribution in [2.24, 2.45) is 5.92 Å². The first kappa shape index (κ1) is 19.0. The molecule has 1 aliphatic rings. The van der Waals surface area contributed by atoms with Crippen LogP contribution in [0.2, 0.25) is 0 Å². The molecule has 140 valence electrons. The van der Waals surface area contributed by atoms with Crippen LogP contribution in [-0.4, -0.2) is 27.4 Å². The molecule has 0 saturated heterocycles. The normalized spacial score (nSPS) is 16.5. The summed E-state index contributed by atoms with van der Waals surface area (Å²) in [5.41, 5.74) is 0.663. The molecule has 1 heterocycles. The molecule has 0 spiro atoms. The van der Waals surface area contributed by atoms with Crippen molar-refractivity contribution < 1.29 is 9.53 Å². The number of carbonyl (C=O) groups is 1. The van der Waals surface area contributed by atoms with E-state index in [1.165, 1.54) is 31.0 Å². The van der Waals surface area contributed by atoms with Crippen LogP contribution in [0.5, 0.6) is 0 Å². The number of hydrogen-bond donors (Lipinski definition) is 0. The quantitative estimate of drug-likeness (QED) is 0.434. The number of esters is 1. The first-order valence-electron chi connectivity index (χ1n) is 9.43. The molecule has 3 rings (SSSR count). The van der Waals surface area contributed by atoms with Crippen molar-refractivity contribution in [2.45, 2.75) is 62.9 Å². The highest BCUT2D eigenvalue weighted by atomic mass is 32.2. The average molecular weight is 375 g/mol. The van der Waals surface area contributed by atoms with Gasteiger partial charge in [-0.2, -0.15) is 0 Å². The van der Waals surface area contributed by atoms with Gasteiger partial charge in [0.1, 0.15) is 5.25 Å². The SMILES string of the molecule is CCOC(=O)[C@@H](C)Sc1nc2ccccc2c(=O)n1CC1CCCCC1. The fourth-order valence-electron chi connectivity index (χ4n) is 3.49. The fourth-order valence-corrected chi connectivity index (χ4v) is 4.41. The Kier molecular flexibility index (Phi) is 6.35. The number of hydrogen-bond acceptors (Lipinski definition) is 5. The van der Waals surface area contributed by atoms with Gasteiger partial charge in [-0.05, 0) is 44.7 Å². The molecular weight excluding hydrogens is 348 g/mol. The molecule has 6 heteroatoms. The van der Waals surface area contributed by atoms with E-state index in [4.69, 9.17) is 9.72 Å². The van der Waals surface area contributed by atoms with E-state index in [2.05, 4.69) is 0 Å². The minimum absolute atomic E-state index is 0.0141. The fraction of sp³-hybridized carbons (Fsp3) is 0.550. The van der Waals surface area contributed by atoms with Crippen molar-refractivity contribution in [3.63, 3.8) is 0 Å². The lowest BCUT2D eigenvalue weighted by Gasteiger charge is -2.24. The number of benzene rings is 1. The van der Waals surface area contributed by atoms with Crippen molar-refractivity contribution in [3.05, 3.63) is 34.6 Å². The zero-order valence-electron chi connectivity index (χ0n) is 15.4. The molecule has 1 atom stereocenters. The molecule has 2 aromatic rings. The van der Waals surface area contributed by atoms with Crippen LogP contribution in [0.1, 0.15) is 46.0 Å². The number of aromatic nitrogens is 2. The van der Waals surface area contributed by atoms with Crippen molar-refractivity contribution in [1.29, 1.82) is 0 Å². The van der Waals surface area contributed by atoms with E-state index in [1.54, 1.807) is 18.4 Å². The summed E-state index contributed by atoms with van der Waals surface area (Å²) in [5, 5.41) is 0.844. The van der Waals surface area contributed by atoms with Gasteiger partial charge in [-0.25, -0.2) is 4.98 Å². The van der Waals surface area contributed by atoms with Crippen LogP contribution in [0.3, 0.4) is 0 Å². The molecule has 5 nitrogen and oxygen atoms in total. The van der Waals surface area contributed by atoms with Crippen LogP contribution in [0.4, 0.5) is 0 Å². The summed E-state index contributed by atoms with van der Waals surface area (Å²) in [6, 6.07) is 7.42. The van der Waals surface area contributed by atoms with Crippen LogP contribution in [0.15, 0.2) is 34.2 Å². The molecule has 1 saturated carbocycles. The molecule has 1 aromatic heterocycles.